The van der Waals surface area contributed by atoms with Crippen molar-refractivity contribution < 1.29 is 35.2 Å². The van der Waals surface area contributed by atoms with Crippen molar-refractivity contribution in [2.24, 2.45) is 0 Å². The molecule has 0 spiro atoms. The van der Waals surface area contributed by atoms with Crippen LogP contribution in [0.4, 0.5) is 0 Å². The van der Waals surface area contributed by atoms with E-state index >= 15 is 0 Å². The molecule has 0 atom stereocenters. The Balaban J connectivity index is 0. The molecule has 30 heavy (non-hydrogen) atoms. The van der Waals surface area contributed by atoms with E-state index in [4.69, 9.17) is 36.8 Å². The minimum absolute atomic E-state index is 0.706. The standard InChI is InChI=1S/2C12H18.4ClH.2Nb/c2*1-7-8(2)10(4)12(6)11(5)9(7)3;;;;;;/h2*1-6H3;4*1H;;/q;;;;;;2*+2/p-4. The number of hydrogen-bond donors (Lipinski definition) is 0. The number of rotatable bonds is 0. The molecule has 0 N–H and O–H groups in total. The monoisotopic (exact) mass is 650 g/mol. The molecular weight excluding hydrogens is 616 g/mol. The maximum atomic E-state index is 4.91. The number of hydrogen-bond acceptors (Lipinski definition) is 0. The van der Waals surface area contributed by atoms with E-state index < -0.39 is 35.2 Å². The Kier molecular flexibility index (Phi) is 18.5. The molecule has 6 heteroatoms. The van der Waals surface area contributed by atoms with Crippen molar-refractivity contribution in [1.82, 2.24) is 0 Å². The summed E-state index contributed by atoms with van der Waals surface area (Å²) in [7, 11) is 19.7. The van der Waals surface area contributed by atoms with Gasteiger partial charge in [0.2, 0.25) is 0 Å². The molecule has 0 amide bonds. The molecule has 0 fully saturated rings. The summed E-state index contributed by atoms with van der Waals surface area (Å²) in [5, 5.41) is 0. The second-order valence-electron chi connectivity index (χ2n) is 7.63. The third-order valence-corrected chi connectivity index (χ3v) is 6.75. The fourth-order valence-corrected chi connectivity index (χ4v) is 3.38. The first kappa shape index (κ1) is 33.3. The molecule has 0 heterocycles. The molecule has 0 bridgehead atoms. The van der Waals surface area contributed by atoms with Crippen LogP contribution in [0.3, 0.4) is 0 Å². The molecule has 0 saturated heterocycles. The van der Waals surface area contributed by atoms with Gasteiger partial charge in [-0.05, 0) is 150 Å². The zero-order chi connectivity index (χ0) is 24.3. The van der Waals surface area contributed by atoms with Crippen LogP contribution in [-0.4, -0.2) is 0 Å². The molecule has 0 unspecified atom stereocenters. The van der Waals surface area contributed by atoms with E-state index in [1.54, 1.807) is 0 Å². The predicted octanol–water partition coefficient (Wildman–Crippen LogP) is 9.83. The SMILES string of the molecule is Cc1c(C)c(C)c(C)c(C)c1C.Cc1c(C)c(C)c(C)c(C)c1C.[Cl][Nb][Cl].[Cl][Nb][Cl]. The second kappa shape index (κ2) is 16.7. The molecule has 2 rings (SSSR count). The second-order valence-corrected chi connectivity index (χ2v) is 14.3. The zero-order valence-electron chi connectivity index (χ0n) is 20.4. The van der Waals surface area contributed by atoms with Crippen LogP contribution in [-0.2, 0) is 35.2 Å². The van der Waals surface area contributed by atoms with Crippen LogP contribution >= 0.6 is 36.8 Å². The van der Waals surface area contributed by atoms with Crippen molar-refractivity contribution in [3.05, 3.63) is 66.8 Å². The molecule has 0 aliphatic heterocycles. The fourth-order valence-electron chi connectivity index (χ4n) is 3.38. The summed E-state index contributed by atoms with van der Waals surface area (Å²) in [5.74, 6) is 0. The van der Waals surface area contributed by atoms with E-state index in [1.165, 1.54) is 66.8 Å². The molecule has 0 aromatic heterocycles. The summed E-state index contributed by atoms with van der Waals surface area (Å²) in [4.78, 5) is 0. The Labute approximate surface area is 219 Å². The first-order valence-electron chi connectivity index (χ1n) is 9.68. The van der Waals surface area contributed by atoms with Crippen LogP contribution in [0.2, 0.25) is 0 Å². The molecule has 2 aromatic carbocycles. The van der Waals surface area contributed by atoms with Crippen LogP contribution in [0.1, 0.15) is 66.8 Å². The third-order valence-electron chi connectivity index (χ3n) is 6.75. The number of halogens is 4. The summed E-state index contributed by atoms with van der Waals surface area (Å²) < 4.78 is 0. The van der Waals surface area contributed by atoms with Gasteiger partial charge in [0.25, 0.3) is 0 Å². The van der Waals surface area contributed by atoms with E-state index in [1.807, 2.05) is 0 Å². The molecule has 0 radical (unpaired) electrons. The van der Waals surface area contributed by atoms with Gasteiger partial charge in [-0.15, -0.1) is 0 Å². The third kappa shape index (κ3) is 9.52. The van der Waals surface area contributed by atoms with Gasteiger partial charge in [-0.25, -0.2) is 0 Å². The minimum atomic E-state index is -0.706. The van der Waals surface area contributed by atoms with Crippen molar-refractivity contribution in [1.29, 1.82) is 0 Å². The van der Waals surface area contributed by atoms with Gasteiger partial charge < -0.3 is 0 Å². The van der Waals surface area contributed by atoms with Gasteiger partial charge in [0.05, 0.1) is 0 Å². The van der Waals surface area contributed by atoms with Crippen molar-refractivity contribution in [2.75, 3.05) is 0 Å². The Morgan fingerprint density at radius 1 is 0.267 bits per heavy atom. The van der Waals surface area contributed by atoms with Gasteiger partial charge in [-0.2, -0.15) is 0 Å². The van der Waals surface area contributed by atoms with Crippen LogP contribution in [0.15, 0.2) is 0 Å². The van der Waals surface area contributed by atoms with Gasteiger partial charge >= 0.3 is 71.9 Å². The van der Waals surface area contributed by atoms with Gasteiger partial charge in [-0.3, -0.25) is 0 Å². The summed E-state index contributed by atoms with van der Waals surface area (Å²) in [5.41, 5.74) is 17.5. The molecule has 0 aliphatic rings. The van der Waals surface area contributed by atoms with Crippen molar-refractivity contribution in [3.8, 4) is 0 Å². The average molecular weight is 652 g/mol. The van der Waals surface area contributed by atoms with Crippen LogP contribution in [0, 0.1) is 83.1 Å². The van der Waals surface area contributed by atoms with E-state index in [2.05, 4.69) is 83.1 Å². The summed E-state index contributed by atoms with van der Waals surface area (Å²) >= 11 is -1.41. The molecule has 2 aromatic rings. The van der Waals surface area contributed by atoms with Gasteiger partial charge in [0.15, 0.2) is 0 Å². The molecule has 0 aliphatic carbocycles. The summed E-state index contributed by atoms with van der Waals surface area (Å²) in [6.07, 6.45) is 0. The topological polar surface area (TPSA) is 0 Å². The van der Waals surface area contributed by atoms with Gasteiger partial charge in [-0.1, -0.05) is 0 Å². The molecular formula is C24H36Cl4Nb2. The van der Waals surface area contributed by atoms with Gasteiger partial charge in [0, 0.05) is 0 Å². The van der Waals surface area contributed by atoms with E-state index in [-0.39, 0.29) is 0 Å². The molecule has 0 saturated carbocycles. The van der Waals surface area contributed by atoms with Crippen LogP contribution < -0.4 is 0 Å². The average Bonchev–Trinajstić information content (AvgIpc) is 2.72. The maximum absolute atomic E-state index is 4.91. The predicted molar refractivity (Wildman–Crippen MR) is 133 cm³/mol. The van der Waals surface area contributed by atoms with Crippen molar-refractivity contribution in [3.63, 3.8) is 0 Å². The first-order chi connectivity index (χ1) is 13.8. The van der Waals surface area contributed by atoms with E-state index in [0.717, 1.165) is 0 Å². The Morgan fingerprint density at radius 2 is 0.300 bits per heavy atom. The zero-order valence-corrected chi connectivity index (χ0v) is 27.8. The Hall–Kier alpha value is 1.08. The van der Waals surface area contributed by atoms with Crippen LogP contribution in [0.25, 0.3) is 0 Å². The van der Waals surface area contributed by atoms with E-state index in [9.17, 15) is 0 Å². The quantitative estimate of drug-likeness (QED) is 0.249. The normalized spacial score (nSPS) is 9.33. The first-order valence-corrected chi connectivity index (χ1v) is 21.0. The van der Waals surface area contributed by atoms with E-state index in [0.29, 0.717) is 0 Å². The van der Waals surface area contributed by atoms with Crippen molar-refractivity contribution >= 4 is 36.8 Å². The summed E-state index contributed by atoms with van der Waals surface area (Å²) in [6.45, 7) is 26.5. The molecule has 0 nitrogen and oxygen atoms in total. The Morgan fingerprint density at radius 3 is 0.333 bits per heavy atom. The van der Waals surface area contributed by atoms with Crippen LogP contribution in [0.5, 0.6) is 0 Å². The summed E-state index contributed by atoms with van der Waals surface area (Å²) in [6, 6.07) is 0. The number of benzene rings is 2. The van der Waals surface area contributed by atoms with Gasteiger partial charge in [0.1, 0.15) is 0 Å². The van der Waals surface area contributed by atoms with Crippen molar-refractivity contribution in [2.45, 2.75) is 83.1 Å². The molecule has 170 valence electrons. The fraction of sp³-hybridized carbons (Fsp3) is 0.500. The Bertz CT molecular complexity index is 551.